The lowest BCUT2D eigenvalue weighted by molar-refractivity contribution is -0.118. The molecule has 0 spiro atoms. The summed E-state index contributed by atoms with van der Waals surface area (Å²) in [5.74, 6) is -0.252. The molecule has 0 aromatic rings. The van der Waals surface area contributed by atoms with Crippen molar-refractivity contribution in [2.75, 3.05) is 40.1 Å². The molecule has 0 aromatic heterocycles. The van der Waals surface area contributed by atoms with Crippen LogP contribution in [0.5, 0.6) is 0 Å². The number of hydrogen-bond acceptors (Lipinski definition) is 4. The summed E-state index contributed by atoms with van der Waals surface area (Å²) in [6.45, 7) is 3.03. The van der Waals surface area contributed by atoms with E-state index in [1.807, 2.05) is 0 Å². The van der Waals surface area contributed by atoms with Crippen LogP contribution in [0, 0.1) is 0 Å². The third-order valence-corrected chi connectivity index (χ3v) is 1.77. The van der Waals surface area contributed by atoms with Crippen LogP contribution < -0.4 is 5.73 Å². The first-order chi connectivity index (χ1) is 7.27. The van der Waals surface area contributed by atoms with Gasteiger partial charge in [-0.05, 0) is 12.8 Å². The van der Waals surface area contributed by atoms with E-state index in [-0.39, 0.29) is 5.91 Å². The average molecular weight is 219 g/mol. The Labute approximate surface area is 90.9 Å². The summed E-state index contributed by atoms with van der Waals surface area (Å²) in [5.41, 5.74) is 4.99. The zero-order chi connectivity index (χ0) is 11.4. The largest absolute Gasteiger partial charge is 0.382 e. The molecule has 15 heavy (non-hydrogen) atoms. The van der Waals surface area contributed by atoms with Gasteiger partial charge in [0.15, 0.2) is 0 Å². The average Bonchev–Trinajstić information content (AvgIpc) is 2.20. The van der Waals surface area contributed by atoms with Gasteiger partial charge in [-0.1, -0.05) is 0 Å². The minimum absolute atomic E-state index is 0.252. The van der Waals surface area contributed by atoms with Crippen molar-refractivity contribution in [2.45, 2.75) is 19.3 Å². The molecule has 0 heterocycles. The zero-order valence-electron chi connectivity index (χ0n) is 9.37. The van der Waals surface area contributed by atoms with Crippen LogP contribution in [0.2, 0.25) is 0 Å². The van der Waals surface area contributed by atoms with Gasteiger partial charge in [0.05, 0.1) is 26.4 Å². The van der Waals surface area contributed by atoms with Crippen molar-refractivity contribution >= 4 is 5.91 Å². The summed E-state index contributed by atoms with van der Waals surface area (Å²) in [7, 11) is 1.64. The molecule has 5 heteroatoms. The van der Waals surface area contributed by atoms with Gasteiger partial charge in [0.1, 0.15) is 0 Å². The number of carbonyl (C=O) groups is 1. The van der Waals surface area contributed by atoms with Crippen LogP contribution in [0.4, 0.5) is 0 Å². The van der Waals surface area contributed by atoms with Crippen molar-refractivity contribution in [1.29, 1.82) is 0 Å². The number of rotatable bonds is 11. The molecule has 0 fully saturated rings. The molecule has 0 atom stereocenters. The molecular weight excluding hydrogens is 198 g/mol. The Morgan fingerprint density at radius 1 is 1.00 bits per heavy atom. The summed E-state index contributed by atoms with van der Waals surface area (Å²) in [4.78, 5) is 10.4. The van der Waals surface area contributed by atoms with E-state index in [4.69, 9.17) is 19.9 Å². The number of carbonyl (C=O) groups excluding carboxylic acids is 1. The summed E-state index contributed by atoms with van der Waals surface area (Å²) in [5, 5.41) is 0. The fourth-order valence-corrected chi connectivity index (χ4v) is 0.968. The van der Waals surface area contributed by atoms with Crippen molar-refractivity contribution in [3.8, 4) is 0 Å². The van der Waals surface area contributed by atoms with Crippen molar-refractivity contribution < 1.29 is 19.0 Å². The number of unbranched alkanes of at least 4 members (excludes halogenated alkanes) is 1. The van der Waals surface area contributed by atoms with Crippen molar-refractivity contribution in [1.82, 2.24) is 0 Å². The third kappa shape index (κ3) is 13.3. The lowest BCUT2D eigenvalue weighted by Crippen LogP contribution is -2.11. The van der Waals surface area contributed by atoms with Gasteiger partial charge in [0.25, 0.3) is 0 Å². The highest BCUT2D eigenvalue weighted by molar-refractivity contribution is 5.73. The van der Waals surface area contributed by atoms with Gasteiger partial charge >= 0.3 is 0 Å². The topological polar surface area (TPSA) is 70.8 Å². The van der Waals surface area contributed by atoms with Gasteiger partial charge in [0, 0.05) is 20.1 Å². The molecule has 0 bridgehead atoms. The smallest absolute Gasteiger partial charge is 0.217 e. The van der Waals surface area contributed by atoms with E-state index in [0.29, 0.717) is 39.5 Å². The van der Waals surface area contributed by atoms with E-state index in [2.05, 4.69) is 0 Å². The summed E-state index contributed by atoms with van der Waals surface area (Å²) >= 11 is 0. The number of amides is 1. The maximum atomic E-state index is 10.4. The van der Waals surface area contributed by atoms with Crippen LogP contribution in [0.1, 0.15) is 19.3 Å². The molecule has 0 rings (SSSR count). The summed E-state index contributed by atoms with van der Waals surface area (Å²) < 4.78 is 15.3. The minimum Gasteiger partial charge on any atom is -0.382 e. The molecule has 90 valence electrons. The lowest BCUT2D eigenvalue weighted by atomic mass is 10.2. The molecule has 1 amide bonds. The Hall–Kier alpha value is -0.650. The van der Waals surface area contributed by atoms with Crippen LogP contribution in [0.25, 0.3) is 0 Å². The lowest BCUT2D eigenvalue weighted by Gasteiger charge is -2.04. The maximum Gasteiger partial charge on any atom is 0.217 e. The van der Waals surface area contributed by atoms with Crippen LogP contribution in [0.3, 0.4) is 0 Å². The Kier molecular flexibility index (Phi) is 10.9. The molecule has 0 aliphatic rings. The quantitative estimate of drug-likeness (QED) is 0.508. The van der Waals surface area contributed by atoms with Gasteiger partial charge in [0.2, 0.25) is 5.91 Å². The molecule has 0 aromatic carbocycles. The number of hydrogen-bond donors (Lipinski definition) is 1. The van der Waals surface area contributed by atoms with E-state index < -0.39 is 0 Å². The number of primary amides is 1. The Morgan fingerprint density at radius 3 is 2.20 bits per heavy atom. The molecule has 5 nitrogen and oxygen atoms in total. The fraction of sp³-hybridized carbons (Fsp3) is 0.900. The van der Waals surface area contributed by atoms with Gasteiger partial charge in [-0.15, -0.1) is 0 Å². The highest BCUT2D eigenvalue weighted by Crippen LogP contribution is 1.94. The molecule has 0 saturated heterocycles. The van der Waals surface area contributed by atoms with Gasteiger partial charge in [-0.2, -0.15) is 0 Å². The molecule has 0 radical (unpaired) electrons. The molecule has 0 saturated carbocycles. The van der Waals surface area contributed by atoms with Crippen LogP contribution in [-0.2, 0) is 19.0 Å². The number of ether oxygens (including phenoxy) is 3. The molecule has 2 N–H and O–H groups in total. The first-order valence-electron chi connectivity index (χ1n) is 5.20. The van der Waals surface area contributed by atoms with Crippen LogP contribution in [-0.4, -0.2) is 46.1 Å². The van der Waals surface area contributed by atoms with E-state index in [1.54, 1.807) is 7.11 Å². The standard InChI is InChI=1S/C10H21NO4/c1-13-6-7-15-9-8-14-5-3-2-4-10(11)12/h2-9H2,1H3,(H2,11,12). The van der Waals surface area contributed by atoms with Gasteiger partial charge < -0.3 is 19.9 Å². The van der Waals surface area contributed by atoms with E-state index in [9.17, 15) is 4.79 Å². The van der Waals surface area contributed by atoms with E-state index in [0.717, 1.165) is 12.8 Å². The Morgan fingerprint density at radius 2 is 1.60 bits per heavy atom. The zero-order valence-corrected chi connectivity index (χ0v) is 9.37. The number of methoxy groups -OCH3 is 1. The second kappa shape index (κ2) is 11.4. The second-order valence-corrected chi connectivity index (χ2v) is 3.14. The van der Waals surface area contributed by atoms with Crippen molar-refractivity contribution in [3.63, 3.8) is 0 Å². The molecule has 0 aliphatic heterocycles. The van der Waals surface area contributed by atoms with Crippen molar-refractivity contribution in [2.24, 2.45) is 5.73 Å². The maximum absolute atomic E-state index is 10.4. The highest BCUT2D eigenvalue weighted by Gasteiger charge is 1.94. The first kappa shape index (κ1) is 14.3. The molecular formula is C10H21NO4. The van der Waals surface area contributed by atoms with Gasteiger partial charge in [-0.25, -0.2) is 0 Å². The van der Waals surface area contributed by atoms with Gasteiger partial charge in [-0.3, -0.25) is 4.79 Å². The minimum atomic E-state index is -0.252. The second-order valence-electron chi connectivity index (χ2n) is 3.14. The SMILES string of the molecule is COCCOCCOCCCCC(N)=O. The summed E-state index contributed by atoms with van der Waals surface area (Å²) in [6, 6.07) is 0. The first-order valence-corrected chi connectivity index (χ1v) is 5.20. The predicted octanol–water partition coefficient (Wildman–Crippen LogP) is 0.322. The highest BCUT2D eigenvalue weighted by atomic mass is 16.5. The molecule has 0 aliphatic carbocycles. The third-order valence-electron chi connectivity index (χ3n) is 1.77. The van der Waals surface area contributed by atoms with Crippen LogP contribution >= 0.6 is 0 Å². The van der Waals surface area contributed by atoms with Crippen molar-refractivity contribution in [3.05, 3.63) is 0 Å². The Balaban J connectivity index is 2.89. The number of nitrogens with two attached hydrogens (primary N) is 1. The van der Waals surface area contributed by atoms with E-state index in [1.165, 1.54) is 0 Å². The monoisotopic (exact) mass is 219 g/mol. The van der Waals surface area contributed by atoms with Crippen LogP contribution in [0.15, 0.2) is 0 Å². The fourth-order valence-electron chi connectivity index (χ4n) is 0.968. The Bertz CT molecular complexity index is 152. The summed E-state index contributed by atoms with van der Waals surface area (Å²) in [6.07, 6.45) is 2.09. The normalized spacial score (nSPS) is 10.5. The predicted molar refractivity (Wildman–Crippen MR) is 56.6 cm³/mol. The van der Waals surface area contributed by atoms with E-state index >= 15 is 0 Å². The molecule has 0 unspecified atom stereocenters.